The monoisotopic (exact) mass is 583 g/mol. The highest BCUT2D eigenvalue weighted by atomic mass is 16.3. The summed E-state index contributed by atoms with van der Waals surface area (Å²) in [5.74, 6) is 0.0403. The van der Waals surface area contributed by atoms with E-state index in [0.717, 1.165) is 29.5 Å². The minimum atomic E-state index is -0.689. The number of hydrogen-bond acceptors (Lipinski definition) is 2. The average Bonchev–Trinajstić information content (AvgIpc) is 3.05. The van der Waals surface area contributed by atoms with Gasteiger partial charge < -0.3 is 10.4 Å². The minimum Gasteiger partial charge on any atom is -0.391 e. The van der Waals surface area contributed by atoms with Crippen LogP contribution in [0.3, 0.4) is 0 Å². The summed E-state index contributed by atoms with van der Waals surface area (Å²) >= 11 is 0. The predicted octanol–water partition coefficient (Wildman–Crippen LogP) is 10.1. The molecular formula is C40H57NO2. The SMILES string of the molecule is CCCCCCCCCCCCCCCCCC(=O)NCC(O)CC(c1ccccc1)(c1ccccc1)c1ccccc1. The van der Waals surface area contributed by atoms with Crippen LogP contribution in [-0.2, 0) is 10.2 Å². The normalized spacial score (nSPS) is 12.2. The van der Waals surface area contributed by atoms with Gasteiger partial charge in [-0.15, -0.1) is 0 Å². The number of amides is 1. The van der Waals surface area contributed by atoms with Crippen LogP contribution in [-0.4, -0.2) is 23.7 Å². The van der Waals surface area contributed by atoms with Crippen molar-refractivity contribution in [1.29, 1.82) is 0 Å². The van der Waals surface area contributed by atoms with Gasteiger partial charge in [0.15, 0.2) is 0 Å². The molecular weight excluding hydrogens is 526 g/mol. The van der Waals surface area contributed by atoms with Gasteiger partial charge in [0, 0.05) is 18.4 Å². The van der Waals surface area contributed by atoms with Crippen LogP contribution in [0, 0.1) is 0 Å². The summed E-state index contributed by atoms with van der Waals surface area (Å²) in [6.07, 6.45) is 20.1. The van der Waals surface area contributed by atoms with E-state index < -0.39 is 11.5 Å². The van der Waals surface area contributed by atoms with Crippen molar-refractivity contribution < 1.29 is 9.90 Å². The van der Waals surface area contributed by atoms with Crippen molar-refractivity contribution in [3.05, 3.63) is 108 Å². The van der Waals surface area contributed by atoms with Gasteiger partial charge in [0.05, 0.1) is 6.10 Å². The molecule has 0 radical (unpaired) electrons. The fourth-order valence-electron chi connectivity index (χ4n) is 6.42. The number of hydrogen-bond donors (Lipinski definition) is 2. The molecule has 0 bridgehead atoms. The Bertz CT molecular complexity index is 1000. The van der Waals surface area contributed by atoms with Crippen LogP contribution in [0.4, 0.5) is 0 Å². The second-order valence-electron chi connectivity index (χ2n) is 12.4. The Balaban J connectivity index is 1.37. The lowest BCUT2D eigenvalue weighted by molar-refractivity contribution is -0.121. The van der Waals surface area contributed by atoms with Gasteiger partial charge in [-0.05, 0) is 29.5 Å². The Morgan fingerprint density at radius 3 is 1.30 bits per heavy atom. The minimum absolute atomic E-state index is 0.0403. The lowest BCUT2D eigenvalue weighted by Gasteiger charge is -2.37. The van der Waals surface area contributed by atoms with Crippen molar-refractivity contribution in [2.45, 2.75) is 128 Å². The summed E-state index contributed by atoms with van der Waals surface area (Å²) in [6, 6.07) is 31.3. The van der Waals surface area contributed by atoms with Gasteiger partial charge in [0.1, 0.15) is 0 Å². The topological polar surface area (TPSA) is 49.3 Å². The first-order valence-electron chi connectivity index (χ1n) is 17.3. The summed E-state index contributed by atoms with van der Waals surface area (Å²) in [5.41, 5.74) is 2.88. The molecule has 0 spiro atoms. The van der Waals surface area contributed by atoms with Crippen LogP contribution in [0.15, 0.2) is 91.0 Å². The first-order valence-corrected chi connectivity index (χ1v) is 17.3. The number of aliphatic hydroxyl groups excluding tert-OH is 1. The smallest absolute Gasteiger partial charge is 0.220 e. The maximum Gasteiger partial charge on any atom is 0.220 e. The molecule has 43 heavy (non-hydrogen) atoms. The van der Waals surface area contributed by atoms with Crippen LogP contribution < -0.4 is 5.32 Å². The van der Waals surface area contributed by atoms with E-state index in [0.29, 0.717) is 12.8 Å². The fourth-order valence-corrected chi connectivity index (χ4v) is 6.42. The van der Waals surface area contributed by atoms with E-state index in [2.05, 4.69) is 85.0 Å². The zero-order chi connectivity index (χ0) is 30.4. The second kappa shape index (κ2) is 20.9. The van der Waals surface area contributed by atoms with Crippen molar-refractivity contribution in [2.24, 2.45) is 0 Å². The van der Waals surface area contributed by atoms with Crippen LogP contribution >= 0.6 is 0 Å². The molecule has 3 aromatic carbocycles. The molecule has 0 aromatic heterocycles. The molecule has 3 heteroatoms. The molecule has 2 N–H and O–H groups in total. The molecule has 1 atom stereocenters. The molecule has 3 aromatic rings. The van der Waals surface area contributed by atoms with E-state index >= 15 is 0 Å². The standard InChI is InChI=1S/C40H57NO2/c1-2-3-4-5-6-7-8-9-10-11-12-13-14-15-25-32-39(43)41-34-38(42)33-40(35-26-19-16-20-27-35,36-28-21-17-22-29-36)37-30-23-18-24-31-37/h16-24,26-31,38,42H,2-15,25,32-34H2,1H3,(H,41,43). The lowest BCUT2D eigenvalue weighted by Crippen LogP contribution is -2.39. The van der Waals surface area contributed by atoms with Gasteiger partial charge in [0.25, 0.3) is 0 Å². The zero-order valence-electron chi connectivity index (χ0n) is 26.8. The van der Waals surface area contributed by atoms with E-state index in [1.807, 2.05) is 18.2 Å². The molecule has 0 aliphatic heterocycles. The van der Waals surface area contributed by atoms with Crippen LogP contribution in [0.2, 0.25) is 0 Å². The van der Waals surface area contributed by atoms with E-state index in [4.69, 9.17) is 0 Å². The largest absolute Gasteiger partial charge is 0.391 e. The van der Waals surface area contributed by atoms with Gasteiger partial charge in [-0.1, -0.05) is 188 Å². The Morgan fingerprint density at radius 1 is 0.581 bits per heavy atom. The Kier molecular flexibility index (Phi) is 16.8. The molecule has 0 saturated carbocycles. The number of rotatable bonds is 23. The number of benzene rings is 3. The molecule has 0 saturated heterocycles. The highest BCUT2D eigenvalue weighted by molar-refractivity contribution is 5.75. The first-order chi connectivity index (χ1) is 21.2. The van der Waals surface area contributed by atoms with Gasteiger partial charge in [-0.3, -0.25) is 4.79 Å². The predicted molar refractivity (Wildman–Crippen MR) is 182 cm³/mol. The molecule has 0 fully saturated rings. The zero-order valence-corrected chi connectivity index (χ0v) is 26.8. The third kappa shape index (κ3) is 12.3. The van der Waals surface area contributed by atoms with Crippen molar-refractivity contribution in [3.63, 3.8) is 0 Å². The van der Waals surface area contributed by atoms with E-state index in [9.17, 15) is 9.90 Å². The highest BCUT2D eigenvalue weighted by Gasteiger charge is 2.38. The number of nitrogens with one attached hydrogen (secondary N) is 1. The molecule has 1 amide bonds. The third-order valence-corrected chi connectivity index (χ3v) is 8.88. The number of unbranched alkanes of at least 4 members (excludes halogenated alkanes) is 14. The Labute approximate surface area is 262 Å². The Morgan fingerprint density at radius 2 is 0.930 bits per heavy atom. The lowest BCUT2D eigenvalue weighted by atomic mass is 9.66. The van der Waals surface area contributed by atoms with Crippen molar-refractivity contribution in [3.8, 4) is 0 Å². The third-order valence-electron chi connectivity index (χ3n) is 8.88. The molecule has 234 valence electrons. The van der Waals surface area contributed by atoms with Crippen LogP contribution in [0.25, 0.3) is 0 Å². The molecule has 0 aliphatic rings. The maximum atomic E-state index is 12.6. The fraction of sp³-hybridized carbons (Fsp3) is 0.525. The quantitative estimate of drug-likeness (QED) is 0.0862. The highest BCUT2D eigenvalue weighted by Crippen LogP contribution is 2.43. The second-order valence-corrected chi connectivity index (χ2v) is 12.4. The van der Waals surface area contributed by atoms with E-state index in [1.165, 1.54) is 83.5 Å². The maximum absolute atomic E-state index is 12.6. The van der Waals surface area contributed by atoms with Gasteiger partial charge in [-0.25, -0.2) is 0 Å². The molecule has 0 aliphatic carbocycles. The summed E-state index contributed by atoms with van der Waals surface area (Å²) < 4.78 is 0. The van der Waals surface area contributed by atoms with Crippen LogP contribution in [0.5, 0.6) is 0 Å². The van der Waals surface area contributed by atoms with Gasteiger partial charge >= 0.3 is 0 Å². The van der Waals surface area contributed by atoms with Crippen molar-refractivity contribution >= 4 is 5.91 Å². The van der Waals surface area contributed by atoms with Gasteiger partial charge in [-0.2, -0.15) is 0 Å². The summed E-state index contributed by atoms with van der Waals surface area (Å²) in [6.45, 7) is 2.53. The Hall–Kier alpha value is -2.91. The van der Waals surface area contributed by atoms with Gasteiger partial charge in [0.2, 0.25) is 5.91 Å². The summed E-state index contributed by atoms with van der Waals surface area (Å²) in [7, 11) is 0. The number of aliphatic hydroxyl groups is 1. The van der Waals surface area contributed by atoms with Crippen LogP contribution in [0.1, 0.15) is 133 Å². The number of carbonyl (C=O) groups excluding carboxylic acids is 1. The van der Waals surface area contributed by atoms with Crippen molar-refractivity contribution in [1.82, 2.24) is 5.32 Å². The molecule has 0 heterocycles. The average molecular weight is 584 g/mol. The first kappa shape index (κ1) is 34.6. The molecule has 3 nitrogen and oxygen atoms in total. The molecule has 1 unspecified atom stereocenters. The molecule has 3 rings (SSSR count). The van der Waals surface area contributed by atoms with E-state index in [1.54, 1.807) is 0 Å². The van der Waals surface area contributed by atoms with Crippen molar-refractivity contribution in [2.75, 3.05) is 6.54 Å². The summed E-state index contributed by atoms with van der Waals surface area (Å²) in [5, 5.41) is 14.3. The summed E-state index contributed by atoms with van der Waals surface area (Å²) in [4.78, 5) is 12.6. The van der Waals surface area contributed by atoms with E-state index in [-0.39, 0.29) is 12.5 Å². The number of carbonyl (C=O) groups is 1.